The first-order chi connectivity index (χ1) is 12.6. The third kappa shape index (κ3) is 5.23. The number of rotatable bonds is 6. The Labute approximate surface area is 154 Å². The molecule has 1 saturated heterocycles. The highest BCUT2D eigenvalue weighted by molar-refractivity contribution is 7.99. The summed E-state index contributed by atoms with van der Waals surface area (Å²) in [7, 11) is 0. The van der Waals surface area contributed by atoms with Crippen LogP contribution in [-0.4, -0.2) is 54.4 Å². The van der Waals surface area contributed by atoms with Gasteiger partial charge in [-0.1, -0.05) is 0 Å². The largest absolute Gasteiger partial charge is 0.379 e. The number of hydrogen-bond acceptors (Lipinski definition) is 5. The smallest absolute Gasteiger partial charge is 0.257 e. The van der Waals surface area contributed by atoms with Gasteiger partial charge in [0.2, 0.25) is 0 Å². The van der Waals surface area contributed by atoms with Crippen LogP contribution in [-0.2, 0) is 4.74 Å². The van der Waals surface area contributed by atoms with Crippen LogP contribution in [0.25, 0.3) is 0 Å². The predicted octanol–water partition coefficient (Wildman–Crippen LogP) is 3.04. The van der Waals surface area contributed by atoms with Gasteiger partial charge < -0.3 is 10.1 Å². The minimum absolute atomic E-state index is 0.0691. The summed E-state index contributed by atoms with van der Waals surface area (Å²) in [5.74, 6) is -1.10. The minimum atomic E-state index is -0.818. The fourth-order valence-corrected chi connectivity index (χ4v) is 3.34. The number of carbonyl (C=O) groups is 1. The van der Waals surface area contributed by atoms with E-state index < -0.39 is 17.5 Å². The van der Waals surface area contributed by atoms with Crippen molar-refractivity contribution in [3.63, 3.8) is 0 Å². The van der Waals surface area contributed by atoms with Gasteiger partial charge in [-0.2, -0.15) is 0 Å². The predicted molar refractivity (Wildman–Crippen MR) is 96.5 cm³/mol. The van der Waals surface area contributed by atoms with Crippen molar-refractivity contribution in [3.05, 3.63) is 53.7 Å². The molecule has 0 bridgehead atoms. The van der Waals surface area contributed by atoms with E-state index in [9.17, 15) is 13.6 Å². The SMILES string of the molecule is O=C(Nc1ccc(F)cc1F)c1ccc(SCCN2CCOCC2)nc1. The third-order valence-corrected chi connectivity index (χ3v) is 4.86. The number of anilines is 1. The van der Waals surface area contributed by atoms with Crippen molar-refractivity contribution in [3.8, 4) is 0 Å². The topological polar surface area (TPSA) is 54.5 Å². The van der Waals surface area contributed by atoms with Gasteiger partial charge in [-0.3, -0.25) is 9.69 Å². The lowest BCUT2D eigenvalue weighted by molar-refractivity contribution is 0.0410. The van der Waals surface area contributed by atoms with Crippen LogP contribution >= 0.6 is 11.8 Å². The highest BCUT2D eigenvalue weighted by Crippen LogP contribution is 2.18. The van der Waals surface area contributed by atoms with Crippen molar-refractivity contribution in [2.45, 2.75) is 5.03 Å². The number of thioether (sulfide) groups is 1. The monoisotopic (exact) mass is 379 g/mol. The molecule has 2 aromatic rings. The van der Waals surface area contributed by atoms with Gasteiger partial charge in [-0.25, -0.2) is 13.8 Å². The van der Waals surface area contributed by atoms with Gasteiger partial charge in [0.15, 0.2) is 0 Å². The molecule has 0 radical (unpaired) electrons. The van der Waals surface area contributed by atoms with Crippen molar-refractivity contribution in [1.82, 2.24) is 9.88 Å². The normalized spacial score (nSPS) is 15.0. The molecule has 5 nitrogen and oxygen atoms in total. The maximum atomic E-state index is 13.6. The Balaban J connectivity index is 1.50. The van der Waals surface area contributed by atoms with E-state index in [2.05, 4.69) is 15.2 Å². The molecule has 1 aromatic carbocycles. The zero-order chi connectivity index (χ0) is 18.4. The van der Waals surface area contributed by atoms with Gasteiger partial charge in [-0.15, -0.1) is 11.8 Å². The summed E-state index contributed by atoms with van der Waals surface area (Å²) in [5, 5.41) is 3.24. The Hall–Kier alpha value is -2.03. The number of pyridine rings is 1. The molecule has 3 rings (SSSR count). The number of ether oxygens (including phenoxy) is 1. The molecule has 1 amide bonds. The van der Waals surface area contributed by atoms with Gasteiger partial charge in [-0.05, 0) is 24.3 Å². The molecule has 1 aromatic heterocycles. The molecule has 2 heterocycles. The summed E-state index contributed by atoms with van der Waals surface area (Å²) < 4.78 is 31.8. The maximum absolute atomic E-state index is 13.6. The van der Waals surface area contributed by atoms with Crippen molar-refractivity contribution in [2.24, 2.45) is 0 Å². The summed E-state index contributed by atoms with van der Waals surface area (Å²) in [6, 6.07) is 6.40. The molecule has 0 atom stereocenters. The van der Waals surface area contributed by atoms with Crippen LogP contribution in [0, 0.1) is 11.6 Å². The molecule has 0 unspecified atom stereocenters. The van der Waals surface area contributed by atoms with Gasteiger partial charge in [0.05, 0.1) is 29.5 Å². The fraction of sp³-hybridized carbons (Fsp3) is 0.333. The average Bonchev–Trinajstić information content (AvgIpc) is 2.65. The lowest BCUT2D eigenvalue weighted by Crippen LogP contribution is -2.37. The number of carbonyl (C=O) groups excluding carboxylic acids is 1. The molecule has 1 N–H and O–H groups in total. The molecular formula is C18H19F2N3O2S. The molecule has 0 aliphatic carbocycles. The molecule has 0 spiro atoms. The van der Waals surface area contributed by atoms with E-state index in [4.69, 9.17) is 4.74 Å². The van der Waals surface area contributed by atoms with Crippen molar-refractivity contribution >= 4 is 23.4 Å². The molecule has 138 valence electrons. The Morgan fingerprint density at radius 3 is 2.73 bits per heavy atom. The van der Waals surface area contributed by atoms with Crippen LogP contribution < -0.4 is 5.32 Å². The van der Waals surface area contributed by atoms with Crippen molar-refractivity contribution in [1.29, 1.82) is 0 Å². The van der Waals surface area contributed by atoms with Gasteiger partial charge >= 0.3 is 0 Å². The number of nitrogens with zero attached hydrogens (tertiary/aromatic N) is 2. The van der Waals surface area contributed by atoms with Crippen molar-refractivity contribution < 1.29 is 18.3 Å². The summed E-state index contributed by atoms with van der Waals surface area (Å²) >= 11 is 1.62. The summed E-state index contributed by atoms with van der Waals surface area (Å²) in [6.45, 7) is 4.42. The van der Waals surface area contributed by atoms with E-state index >= 15 is 0 Å². The first-order valence-corrected chi connectivity index (χ1v) is 9.26. The summed E-state index contributed by atoms with van der Waals surface area (Å²) in [4.78, 5) is 18.8. The lowest BCUT2D eigenvalue weighted by atomic mass is 10.2. The Bertz CT molecular complexity index is 753. The Morgan fingerprint density at radius 1 is 1.23 bits per heavy atom. The molecule has 1 aliphatic rings. The van der Waals surface area contributed by atoms with E-state index in [0.29, 0.717) is 5.56 Å². The van der Waals surface area contributed by atoms with Crippen molar-refractivity contribution in [2.75, 3.05) is 43.9 Å². The third-order valence-electron chi connectivity index (χ3n) is 3.94. The Morgan fingerprint density at radius 2 is 2.04 bits per heavy atom. The minimum Gasteiger partial charge on any atom is -0.379 e. The highest BCUT2D eigenvalue weighted by Gasteiger charge is 2.12. The molecule has 1 aliphatic heterocycles. The summed E-state index contributed by atoms with van der Waals surface area (Å²) in [6.07, 6.45) is 1.45. The second-order valence-corrected chi connectivity index (χ2v) is 6.88. The zero-order valence-corrected chi connectivity index (χ0v) is 14.9. The fourth-order valence-electron chi connectivity index (χ4n) is 2.49. The van der Waals surface area contributed by atoms with Gasteiger partial charge in [0.1, 0.15) is 11.6 Å². The zero-order valence-electron chi connectivity index (χ0n) is 14.1. The molecule has 1 fully saturated rings. The van der Waals surface area contributed by atoms with Gasteiger partial charge in [0, 0.05) is 37.7 Å². The standard InChI is InChI=1S/C18H19F2N3O2S/c19-14-2-3-16(15(20)11-14)22-18(24)13-1-4-17(21-12-13)26-10-7-23-5-8-25-9-6-23/h1-4,11-12H,5-10H2,(H,22,24). The second kappa shape index (κ2) is 9.07. The Kier molecular flexibility index (Phi) is 6.54. The van der Waals surface area contributed by atoms with E-state index in [0.717, 1.165) is 55.8 Å². The first kappa shape index (κ1) is 18.8. The lowest BCUT2D eigenvalue weighted by Gasteiger charge is -2.26. The number of morpholine rings is 1. The molecule has 26 heavy (non-hydrogen) atoms. The van der Waals surface area contributed by atoms with Crippen LogP contribution in [0.5, 0.6) is 0 Å². The quantitative estimate of drug-likeness (QED) is 0.782. The molecule has 0 saturated carbocycles. The first-order valence-electron chi connectivity index (χ1n) is 8.27. The number of halogens is 2. The highest BCUT2D eigenvalue weighted by atomic mass is 32.2. The second-order valence-electron chi connectivity index (χ2n) is 5.77. The van der Waals surface area contributed by atoms with E-state index in [1.165, 1.54) is 12.3 Å². The van der Waals surface area contributed by atoms with Crippen LogP contribution in [0.3, 0.4) is 0 Å². The van der Waals surface area contributed by atoms with Crippen LogP contribution in [0.4, 0.5) is 14.5 Å². The maximum Gasteiger partial charge on any atom is 0.257 e. The van der Waals surface area contributed by atoms with E-state index in [-0.39, 0.29) is 5.69 Å². The van der Waals surface area contributed by atoms with Crippen LogP contribution in [0.1, 0.15) is 10.4 Å². The number of nitrogens with one attached hydrogen (secondary N) is 1. The number of amides is 1. The van der Waals surface area contributed by atoms with E-state index in [1.807, 2.05) is 0 Å². The molecular weight excluding hydrogens is 360 g/mol. The molecule has 8 heteroatoms. The summed E-state index contributed by atoms with van der Waals surface area (Å²) in [5.41, 5.74) is 0.242. The van der Waals surface area contributed by atoms with E-state index in [1.54, 1.807) is 23.9 Å². The van der Waals surface area contributed by atoms with Gasteiger partial charge in [0.25, 0.3) is 5.91 Å². The number of aromatic nitrogens is 1. The van der Waals surface area contributed by atoms with Crippen LogP contribution in [0.15, 0.2) is 41.6 Å². The number of hydrogen-bond donors (Lipinski definition) is 1. The average molecular weight is 379 g/mol. The number of benzene rings is 1. The van der Waals surface area contributed by atoms with Crippen LogP contribution in [0.2, 0.25) is 0 Å².